The van der Waals surface area contributed by atoms with Crippen LogP contribution in [0.2, 0.25) is 0 Å². The van der Waals surface area contributed by atoms with E-state index in [4.69, 9.17) is 11.6 Å². The van der Waals surface area contributed by atoms with Gasteiger partial charge in [-0.25, -0.2) is 8.78 Å². The average molecular weight is 203 g/mol. The first-order chi connectivity index (χ1) is 6.11. The number of hydrogen-bond acceptors (Lipinski definition) is 1. The molecule has 0 unspecified atom stereocenters. The van der Waals surface area contributed by atoms with Gasteiger partial charge < -0.3 is 0 Å². The van der Waals surface area contributed by atoms with Crippen LogP contribution in [0.25, 0.3) is 6.08 Å². The van der Waals surface area contributed by atoms with E-state index in [0.29, 0.717) is 0 Å². The molecule has 13 heavy (non-hydrogen) atoms. The Balaban J connectivity index is 3.02. The van der Waals surface area contributed by atoms with Crippen LogP contribution < -0.4 is 0 Å². The lowest BCUT2D eigenvalue weighted by Crippen LogP contribution is -1.87. The first-order valence-corrected chi connectivity index (χ1v) is 3.80. The third kappa shape index (κ3) is 2.63. The van der Waals surface area contributed by atoms with E-state index in [0.717, 1.165) is 18.2 Å². The molecule has 1 rings (SSSR count). The van der Waals surface area contributed by atoms with E-state index in [2.05, 4.69) is 0 Å². The minimum Gasteiger partial charge on any atom is -0.276 e. The van der Waals surface area contributed by atoms with E-state index in [1.54, 1.807) is 0 Å². The molecule has 0 saturated heterocycles. The average Bonchev–Trinajstić information content (AvgIpc) is 2.07. The van der Waals surface area contributed by atoms with Crippen LogP contribution in [0.3, 0.4) is 0 Å². The number of benzene rings is 1. The van der Waals surface area contributed by atoms with Gasteiger partial charge in [0.1, 0.15) is 0 Å². The monoisotopic (exact) mass is 202 g/mol. The molecule has 0 heterocycles. The zero-order chi connectivity index (χ0) is 9.84. The number of carbonyl (C=O) groups excluding carboxylic acids is 1. The first-order valence-electron chi connectivity index (χ1n) is 3.43. The third-order valence-electron chi connectivity index (χ3n) is 1.38. The van der Waals surface area contributed by atoms with Gasteiger partial charge in [0.15, 0.2) is 11.6 Å². The van der Waals surface area contributed by atoms with Crippen molar-refractivity contribution in [1.29, 1.82) is 0 Å². The number of halogens is 3. The Bertz CT molecular complexity index is 361. The second kappa shape index (κ2) is 4.14. The van der Waals surface area contributed by atoms with E-state index in [1.165, 1.54) is 12.1 Å². The second-order valence-corrected chi connectivity index (χ2v) is 2.65. The molecule has 0 aliphatic heterocycles. The molecule has 0 fully saturated rings. The molecule has 0 aromatic heterocycles. The maximum atomic E-state index is 12.9. The van der Waals surface area contributed by atoms with Crippen molar-refractivity contribution in [3.8, 4) is 0 Å². The summed E-state index contributed by atoms with van der Waals surface area (Å²) in [5.41, 5.74) is -0.00556. The summed E-state index contributed by atoms with van der Waals surface area (Å²) in [4.78, 5) is 10.3. The largest absolute Gasteiger partial charge is 0.276 e. The fourth-order valence-corrected chi connectivity index (χ4v) is 0.867. The molecule has 0 N–H and O–H groups in total. The Kier molecular flexibility index (Phi) is 3.14. The van der Waals surface area contributed by atoms with E-state index >= 15 is 0 Å². The third-order valence-corrected chi connectivity index (χ3v) is 1.50. The molecule has 0 saturated carbocycles. The van der Waals surface area contributed by atoms with Gasteiger partial charge in [0.05, 0.1) is 0 Å². The molecule has 0 aliphatic rings. The minimum atomic E-state index is -0.989. The van der Waals surface area contributed by atoms with Crippen LogP contribution in [0.15, 0.2) is 24.3 Å². The Morgan fingerprint density at radius 2 is 2.08 bits per heavy atom. The lowest BCUT2D eigenvalue weighted by molar-refractivity contribution is -0.107. The summed E-state index contributed by atoms with van der Waals surface area (Å²) in [6.45, 7) is 0. The predicted octanol–water partition coefficient (Wildman–Crippen LogP) is 2.74. The van der Waals surface area contributed by atoms with Crippen LogP contribution in [-0.2, 0) is 4.79 Å². The summed E-state index contributed by atoms with van der Waals surface area (Å²) < 4.78 is 25.4. The lowest BCUT2D eigenvalue weighted by atomic mass is 10.2. The van der Waals surface area contributed by atoms with Crippen molar-refractivity contribution in [2.45, 2.75) is 0 Å². The second-order valence-electron chi connectivity index (χ2n) is 2.28. The van der Waals surface area contributed by atoms with Crippen LogP contribution in [0.5, 0.6) is 0 Å². The van der Waals surface area contributed by atoms with Crippen molar-refractivity contribution >= 4 is 22.9 Å². The summed E-state index contributed by atoms with van der Waals surface area (Å²) in [7, 11) is 0. The lowest BCUT2D eigenvalue weighted by Gasteiger charge is -1.95. The van der Waals surface area contributed by atoms with Crippen LogP contribution in [0.4, 0.5) is 8.78 Å². The summed E-state index contributed by atoms with van der Waals surface area (Å²) in [5, 5.41) is -0.733. The SMILES string of the molecule is O=C(Cl)/C=C/c1cccc(F)c1F. The molecule has 1 aromatic carbocycles. The molecule has 0 radical (unpaired) electrons. The molecule has 4 heteroatoms. The highest BCUT2D eigenvalue weighted by Crippen LogP contribution is 2.12. The predicted molar refractivity (Wildman–Crippen MR) is 46.3 cm³/mol. The summed E-state index contributed by atoms with van der Waals surface area (Å²) in [6, 6.07) is 3.68. The number of carbonyl (C=O) groups is 1. The zero-order valence-electron chi connectivity index (χ0n) is 6.43. The number of rotatable bonds is 2. The van der Waals surface area contributed by atoms with Crippen LogP contribution in [-0.4, -0.2) is 5.24 Å². The maximum absolute atomic E-state index is 12.9. The highest BCUT2D eigenvalue weighted by molar-refractivity contribution is 6.66. The van der Waals surface area contributed by atoms with Gasteiger partial charge in [0, 0.05) is 5.56 Å². The normalized spacial score (nSPS) is 10.7. The Hall–Kier alpha value is -1.22. The molecular weight excluding hydrogens is 198 g/mol. The van der Waals surface area contributed by atoms with Crippen molar-refractivity contribution in [2.24, 2.45) is 0 Å². The molecule has 0 aliphatic carbocycles. The highest BCUT2D eigenvalue weighted by atomic mass is 35.5. The van der Waals surface area contributed by atoms with E-state index in [-0.39, 0.29) is 5.56 Å². The molecule has 1 aromatic rings. The van der Waals surface area contributed by atoms with Crippen molar-refractivity contribution in [3.63, 3.8) is 0 Å². The molecule has 0 atom stereocenters. The van der Waals surface area contributed by atoms with Crippen LogP contribution in [0, 0.1) is 11.6 Å². The standard InChI is InChI=1S/C9H5ClF2O/c10-8(13)5-4-6-2-1-3-7(11)9(6)12/h1-5H/b5-4+. The molecule has 68 valence electrons. The van der Waals surface area contributed by atoms with Crippen molar-refractivity contribution < 1.29 is 13.6 Å². The summed E-state index contributed by atoms with van der Waals surface area (Å²) in [6.07, 6.45) is 2.08. The van der Waals surface area contributed by atoms with Gasteiger partial charge in [0.2, 0.25) is 5.24 Å². The van der Waals surface area contributed by atoms with Gasteiger partial charge in [0.25, 0.3) is 0 Å². The molecule has 0 bridgehead atoms. The summed E-state index contributed by atoms with van der Waals surface area (Å²) >= 11 is 4.98. The maximum Gasteiger partial charge on any atom is 0.245 e. The quantitative estimate of drug-likeness (QED) is 0.532. The van der Waals surface area contributed by atoms with Gasteiger partial charge in [-0.2, -0.15) is 0 Å². The van der Waals surface area contributed by atoms with Crippen molar-refractivity contribution in [3.05, 3.63) is 41.5 Å². The van der Waals surface area contributed by atoms with Gasteiger partial charge in [-0.05, 0) is 29.8 Å². The first kappa shape index (κ1) is 9.86. The van der Waals surface area contributed by atoms with Gasteiger partial charge in [-0.15, -0.1) is 0 Å². The van der Waals surface area contributed by atoms with Crippen LogP contribution >= 0.6 is 11.6 Å². The molecular formula is C9H5ClF2O. The van der Waals surface area contributed by atoms with Gasteiger partial charge in [-0.3, -0.25) is 4.79 Å². The highest BCUT2D eigenvalue weighted by Gasteiger charge is 2.04. The number of hydrogen-bond donors (Lipinski definition) is 0. The van der Waals surface area contributed by atoms with Crippen LogP contribution in [0.1, 0.15) is 5.56 Å². The smallest absolute Gasteiger partial charge is 0.245 e. The van der Waals surface area contributed by atoms with E-state index in [1.807, 2.05) is 0 Å². The fourth-order valence-electron chi connectivity index (χ4n) is 0.804. The fraction of sp³-hybridized carbons (Fsp3) is 0. The molecule has 0 spiro atoms. The van der Waals surface area contributed by atoms with E-state index in [9.17, 15) is 13.6 Å². The Morgan fingerprint density at radius 1 is 1.38 bits per heavy atom. The minimum absolute atomic E-state index is 0.00556. The van der Waals surface area contributed by atoms with Crippen molar-refractivity contribution in [1.82, 2.24) is 0 Å². The topological polar surface area (TPSA) is 17.1 Å². The molecule has 0 amide bonds. The van der Waals surface area contributed by atoms with Gasteiger partial charge >= 0.3 is 0 Å². The Morgan fingerprint density at radius 3 is 2.69 bits per heavy atom. The van der Waals surface area contributed by atoms with E-state index < -0.39 is 16.9 Å². The number of allylic oxidation sites excluding steroid dienone is 1. The van der Waals surface area contributed by atoms with Crippen molar-refractivity contribution in [2.75, 3.05) is 0 Å². The zero-order valence-corrected chi connectivity index (χ0v) is 7.18. The molecule has 1 nitrogen and oxygen atoms in total. The van der Waals surface area contributed by atoms with Gasteiger partial charge in [-0.1, -0.05) is 12.1 Å². The summed E-state index contributed by atoms with van der Waals surface area (Å²) in [5.74, 6) is -1.94. The Labute approximate surface area is 78.6 Å².